The van der Waals surface area contributed by atoms with Crippen molar-refractivity contribution in [3.8, 4) is 11.3 Å². The van der Waals surface area contributed by atoms with Crippen molar-refractivity contribution in [1.29, 1.82) is 0 Å². The Morgan fingerprint density at radius 3 is 2.50 bits per heavy atom. The molecule has 2 heterocycles. The zero-order valence-corrected chi connectivity index (χ0v) is 17.7. The lowest BCUT2D eigenvalue weighted by atomic mass is 10.1. The molecule has 0 atom stereocenters. The molecule has 0 saturated carbocycles. The summed E-state index contributed by atoms with van der Waals surface area (Å²) >= 11 is 0. The molecule has 0 aliphatic rings. The lowest BCUT2D eigenvalue weighted by Gasteiger charge is -2.13. The molecule has 2 aromatic heterocycles. The van der Waals surface area contributed by atoms with Gasteiger partial charge in [-0.25, -0.2) is 0 Å². The Balaban J connectivity index is 1.66. The molecule has 5 rings (SSSR count). The van der Waals surface area contributed by atoms with Crippen LogP contribution < -0.4 is 10.9 Å². The highest BCUT2D eigenvalue weighted by Gasteiger charge is 2.20. The third-order valence-electron chi connectivity index (χ3n) is 5.52. The first-order valence-corrected chi connectivity index (χ1v) is 10.3. The second kappa shape index (κ2) is 7.77. The van der Waals surface area contributed by atoms with Crippen LogP contribution in [0, 0.1) is 13.8 Å². The number of benzene rings is 3. The van der Waals surface area contributed by atoms with Gasteiger partial charge in [-0.3, -0.25) is 14.2 Å². The molecule has 5 aromatic rings. The molecule has 7 heteroatoms. The Kier molecular flexibility index (Phi) is 4.78. The van der Waals surface area contributed by atoms with Gasteiger partial charge >= 0.3 is 0 Å². The molecular weight excluding hydrogens is 402 g/mol. The molecule has 0 radical (unpaired) electrons. The number of para-hydroxylation sites is 1. The number of nitrogens with one attached hydrogen (secondary N) is 1. The van der Waals surface area contributed by atoms with Crippen LogP contribution in [0.5, 0.6) is 0 Å². The SMILES string of the molecule is Cc1ccc(NC(=O)Cn2c(=O)c3ccccc3n3nnc(-c4ccccc4)c23)c(C)c1. The summed E-state index contributed by atoms with van der Waals surface area (Å²) in [7, 11) is 0. The minimum Gasteiger partial charge on any atom is -0.324 e. The zero-order chi connectivity index (χ0) is 22.2. The summed E-state index contributed by atoms with van der Waals surface area (Å²) in [4.78, 5) is 26.4. The van der Waals surface area contributed by atoms with Crippen molar-refractivity contribution in [3.63, 3.8) is 0 Å². The van der Waals surface area contributed by atoms with Gasteiger partial charge in [0.1, 0.15) is 12.2 Å². The number of aryl methyl sites for hydroxylation is 2. The lowest BCUT2D eigenvalue weighted by molar-refractivity contribution is -0.116. The summed E-state index contributed by atoms with van der Waals surface area (Å²) in [5, 5.41) is 12.1. The molecule has 0 saturated heterocycles. The Bertz CT molecular complexity index is 1530. The van der Waals surface area contributed by atoms with Crippen molar-refractivity contribution in [1.82, 2.24) is 19.4 Å². The highest BCUT2D eigenvalue weighted by atomic mass is 16.2. The number of aromatic nitrogens is 4. The molecule has 0 aliphatic heterocycles. The molecule has 1 amide bonds. The molecule has 0 aliphatic carbocycles. The Morgan fingerprint density at radius 2 is 1.72 bits per heavy atom. The van der Waals surface area contributed by atoms with E-state index in [1.54, 1.807) is 16.6 Å². The van der Waals surface area contributed by atoms with Crippen molar-refractivity contribution >= 4 is 28.1 Å². The van der Waals surface area contributed by atoms with Crippen LogP contribution in [0.15, 0.2) is 77.6 Å². The van der Waals surface area contributed by atoms with Crippen LogP contribution in [0.2, 0.25) is 0 Å². The molecule has 0 fully saturated rings. The average molecular weight is 423 g/mol. The van der Waals surface area contributed by atoms with E-state index in [0.29, 0.717) is 22.2 Å². The summed E-state index contributed by atoms with van der Waals surface area (Å²) in [5.41, 5.74) is 5.04. The first-order valence-electron chi connectivity index (χ1n) is 10.3. The van der Waals surface area contributed by atoms with Crippen LogP contribution >= 0.6 is 0 Å². The summed E-state index contributed by atoms with van der Waals surface area (Å²) in [6.45, 7) is 3.78. The van der Waals surface area contributed by atoms with Gasteiger partial charge in [0.15, 0.2) is 5.65 Å². The number of hydrogen-bond acceptors (Lipinski definition) is 4. The fourth-order valence-corrected chi connectivity index (χ4v) is 3.98. The largest absolute Gasteiger partial charge is 0.324 e. The van der Waals surface area contributed by atoms with Crippen LogP contribution in [0.25, 0.3) is 27.8 Å². The van der Waals surface area contributed by atoms with Gasteiger partial charge in [0, 0.05) is 11.3 Å². The maximum absolute atomic E-state index is 13.4. The number of hydrogen-bond donors (Lipinski definition) is 1. The zero-order valence-electron chi connectivity index (χ0n) is 17.7. The first-order chi connectivity index (χ1) is 15.5. The summed E-state index contributed by atoms with van der Waals surface area (Å²) in [5.74, 6) is -0.295. The number of carbonyl (C=O) groups excluding carboxylic acids is 1. The van der Waals surface area contributed by atoms with Crippen molar-refractivity contribution in [2.24, 2.45) is 0 Å². The number of fused-ring (bicyclic) bond motifs is 3. The van der Waals surface area contributed by atoms with Gasteiger partial charge in [-0.05, 0) is 37.6 Å². The minimum absolute atomic E-state index is 0.159. The fourth-order valence-electron chi connectivity index (χ4n) is 3.98. The van der Waals surface area contributed by atoms with E-state index in [-0.39, 0.29) is 18.0 Å². The quantitative estimate of drug-likeness (QED) is 0.474. The van der Waals surface area contributed by atoms with Crippen LogP contribution in [0.4, 0.5) is 5.69 Å². The number of amides is 1. The van der Waals surface area contributed by atoms with Crippen LogP contribution in [-0.2, 0) is 11.3 Å². The van der Waals surface area contributed by atoms with E-state index in [4.69, 9.17) is 0 Å². The summed E-state index contributed by atoms with van der Waals surface area (Å²) in [6.07, 6.45) is 0. The lowest BCUT2D eigenvalue weighted by Crippen LogP contribution is -2.29. The van der Waals surface area contributed by atoms with Gasteiger partial charge in [-0.2, -0.15) is 4.52 Å². The minimum atomic E-state index is -0.295. The standard InChI is InChI=1S/C25H21N5O2/c1-16-12-13-20(17(2)14-16)26-22(31)15-29-24-23(18-8-4-3-5-9-18)27-28-30(24)21-11-7-6-10-19(21)25(29)32/h3-14H,15H2,1-2H3,(H,26,31). The summed E-state index contributed by atoms with van der Waals surface area (Å²) in [6, 6.07) is 22.6. The maximum Gasteiger partial charge on any atom is 0.262 e. The van der Waals surface area contributed by atoms with E-state index in [2.05, 4.69) is 15.6 Å². The van der Waals surface area contributed by atoms with Gasteiger partial charge in [0.2, 0.25) is 5.91 Å². The molecule has 3 aromatic carbocycles. The predicted octanol–water partition coefficient (Wildman–Crippen LogP) is 3.97. The second-order valence-corrected chi connectivity index (χ2v) is 7.81. The first kappa shape index (κ1) is 19.7. The highest BCUT2D eigenvalue weighted by Crippen LogP contribution is 2.24. The van der Waals surface area contributed by atoms with Crippen LogP contribution in [0.1, 0.15) is 11.1 Å². The number of carbonyl (C=O) groups is 1. The van der Waals surface area contributed by atoms with Gasteiger partial charge in [0.25, 0.3) is 5.56 Å². The van der Waals surface area contributed by atoms with Gasteiger partial charge in [-0.1, -0.05) is 65.4 Å². The van der Waals surface area contributed by atoms with Gasteiger partial charge < -0.3 is 5.32 Å². The molecule has 7 nitrogen and oxygen atoms in total. The Morgan fingerprint density at radius 1 is 0.969 bits per heavy atom. The van der Waals surface area contributed by atoms with Gasteiger partial charge in [-0.15, -0.1) is 5.10 Å². The van der Waals surface area contributed by atoms with Crippen LogP contribution in [-0.4, -0.2) is 25.3 Å². The van der Waals surface area contributed by atoms with E-state index >= 15 is 0 Å². The average Bonchev–Trinajstić information content (AvgIpc) is 3.24. The molecule has 1 N–H and O–H groups in total. The van der Waals surface area contributed by atoms with Gasteiger partial charge in [0.05, 0.1) is 10.9 Å². The van der Waals surface area contributed by atoms with Crippen molar-refractivity contribution in [2.45, 2.75) is 20.4 Å². The smallest absolute Gasteiger partial charge is 0.262 e. The van der Waals surface area contributed by atoms with E-state index in [9.17, 15) is 9.59 Å². The third-order valence-corrected chi connectivity index (χ3v) is 5.52. The van der Waals surface area contributed by atoms with Crippen molar-refractivity contribution < 1.29 is 4.79 Å². The monoisotopic (exact) mass is 423 g/mol. The molecule has 0 bridgehead atoms. The Hall–Kier alpha value is -4.26. The van der Waals surface area contributed by atoms with E-state index < -0.39 is 0 Å². The Labute approximate surface area is 183 Å². The van der Waals surface area contributed by atoms with E-state index in [1.165, 1.54) is 4.57 Å². The topological polar surface area (TPSA) is 81.3 Å². The highest BCUT2D eigenvalue weighted by molar-refractivity contribution is 5.93. The molecule has 0 unspecified atom stereocenters. The molecule has 32 heavy (non-hydrogen) atoms. The second-order valence-electron chi connectivity index (χ2n) is 7.81. The fraction of sp³-hybridized carbons (Fsp3) is 0.120. The maximum atomic E-state index is 13.4. The number of rotatable bonds is 4. The molecular formula is C25H21N5O2. The number of nitrogens with zero attached hydrogens (tertiary/aromatic N) is 4. The molecule has 158 valence electrons. The number of anilines is 1. The van der Waals surface area contributed by atoms with E-state index in [0.717, 1.165) is 22.4 Å². The predicted molar refractivity (Wildman–Crippen MR) is 125 cm³/mol. The summed E-state index contributed by atoms with van der Waals surface area (Å²) < 4.78 is 3.08. The normalized spacial score (nSPS) is 11.2. The molecule has 0 spiro atoms. The van der Waals surface area contributed by atoms with Crippen molar-refractivity contribution in [3.05, 3.63) is 94.3 Å². The van der Waals surface area contributed by atoms with Crippen LogP contribution in [0.3, 0.4) is 0 Å². The third kappa shape index (κ3) is 3.33. The van der Waals surface area contributed by atoms with E-state index in [1.807, 2.05) is 74.5 Å². The van der Waals surface area contributed by atoms with Crippen molar-refractivity contribution in [2.75, 3.05) is 5.32 Å².